The summed E-state index contributed by atoms with van der Waals surface area (Å²) in [5, 5.41) is 2.75. The predicted octanol–water partition coefficient (Wildman–Crippen LogP) is 3.57. The van der Waals surface area contributed by atoms with E-state index in [-0.39, 0.29) is 5.91 Å². The molecule has 0 saturated heterocycles. The number of thioether (sulfide) groups is 1. The van der Waals surface area contributed by atoms with Gasteiger partial charge in [0.1, 0.15) is 5.82 Å². The fraction of sp³-hybridized carbons (Fsp3) is 0.0769. The van der Waals surface area contributed by atoms with Crippen LogP contribution in [-0.2, 0) is 4.79 Å². The largest absolute Gasteiger partial charge is 0.310 e. The summed E-state index contributed by atoms with van der Waals surface area (Å²) in [6, 6.07) is 13.4. The lowest BCUT2D eigenvalue weighted by Crippen LogP contribution is -2.14. The van der Waals surface area contributed by atoms with Crippen molar-refractivity contribution in [2.24, 2.45) is 0 Å². The van der Waals surface area contributed by atoms with Crippen molar-refractivity contribution < 1.29 is 4.79 Å². The standard InChI is InChI=1S/C13H11BrN2OS/c14-10-6-7-12(15-8-10)16-13(17)9-18-11-4-2-1-3-5-11/h1-8H,9H2,(H,15,16,17). The average Bonchev–Trinajstić information content (AvgIpc) is 2.40. The SMILES string of the molecule is O=C(CSc1ccccc1)Nc1ccc(Br)cn1. The van der Waals surface area contributed by atoms with Gasteiger partial charge >= 0.3 is 0 Å². The van der Waals surface area contributed by atoms with Crippen LogP contribution >= 0.6 is 27.7 Å². The Kier molecular flexibility index (Phi) is 4.78. The van der Waals surface area contributed by atoms with E-state index in [9.17, 15) is 4.79 Å². The molecule has 1 aromatic heterocycles. The molecule has 92 valence electrons. The molecule has 0 saturated carbocycles. The Labute approximate surface area is 118 Å². The van der Waals surface area contributed by atoms with Gasteiger partial charge in [-0.15, -0.1) is 11.8 Å². The lowest BCUT2D eigenvalue weighted by molar-refractivity contribution is -0.113. The number of nitrogens with zero attached hydrogens (tertiary/aromatic N) is 1. The van der Waals surface area contributed by atoms with Crippen molar-refractivity contribution in [2.75, 3.05) is 11.1 Å². The minimum absolute atomic E-state index is 0.0568. The molecular weight excluding hydrogens is 312 g/mol. The molecular formula is C13H11BrN2OS. The molecule has 0 aliphatic heterocycles. The van der Waals surface area contributed by atoms with Crippen LogP contribution in [0.5, 0.6) is 0 Å². The molecule has 0 fully saturated rings. The van der Waals surface area contributed by atoms with Crippen molar-refractivity contribution in [3.8, 4) is 0 Å². The van der Waals surface area contributed by atoms with Gasteiger partial charge in [0.05, 0.1) is 5.75 Å². The molecule has 0 aliphatic carbocycles. The summed E-state index contributed by atoms with van der Waals surface area (Å²) in [5.41, 5.74) is 0. The molecule has 0 radical (unpaired) electrons. The highest BCUT2D eigenvalue weighted by atomic mass is 79.9. The number of pyridine rings is 1. The molecule has 2 aromatic rings. The smallest absolute Gasteiger partial charge is 0.235 e. The van der Waals surface area contributed by atoms with Gasteiger partial charge < -0.3 is 5.32 Å². The van der Waals surface area contributed by atoms with Crippen LogP contribution in [0.15, 0.2) is 58.0 Å². The summed E-state index contributed by atoms with van der Waals surface area (Å²) >= 11 is 4.80. The van der Waals surface area contributed by atoms with Gasteiger partial charge in [-0.2, -0.15) is 0 Å². The number of aromatic nitrogens is 1. The monoisotopic (exact) mass is 322 g/mol. The van der Waals surface area contributed by atoms with E-state index in [2.05, 4.69) is 26.2 Å². The van der Waals surface area contributed by atoms with E-state index in [0.29, 0.717) is 11.6 Å². The van der Waals surface area contributed by atoms with Gasteiger partial charge in [0.15, 0.2) is 0 Å². The van der Waals surface area contributed by atoms with E-state index in [4.69, 9.17) is 0 Å². The van der Waals surface area contributed by atoms with Crippen LogP contribution < -0.4 is 5.32 Å². The Balaban J connectivity index is 1.84. The Hall–Kier alpha value is -1.33. The van der Waals surface area contributed by atoms with E-state index in [1.807, 2.05) is 36.4 Å². The zero-order valence-electron chi connectivity index (χ0n) is 9.47. The topological polar surface area (TPSA) is 42.0 Å². The summed E-state index contributed by atoms with van der Waals surface area (Å²) < 4.78 is 0.888. The lowest BCUT2D eigenvalue weighted by atomic mass is 10.4. The van der Waals surface area contributed by atoms with Gasteiger partial charge in [0.2, 0.25) is 5.91 Å². The summed E-state index contributed by atoms with van der Waals surface area (Å²) in [7, 11) is 0. The van der Waals surface area contributed by atoms with Crippen LogP contribution in [0.25, 0.3) is 0 Å². The zero-order valence-corrected chi connectivity index (χ0v) is 11.9. The Morgan fingerprint density at radius 1 is 1.22 bits per heavy atom. The van der Waals surface area contributed by atoms with Gasteiger partial charge in [-0.05, 0) is 40.2 Å². The number of hydrogen-bond acceptors (Lipinski definition) is 3. The highest BCUT2D eigenvalue weighted by molar-refractivity contribution is 9.10. The van der Waals surface area contributed by atoms with Crippen molar-refractivity contribution in [3.05, 3.63) is 53.1 Å². The van der Waals surface area contributed by atoms with Crippen molar-refractivity contribution in [3.63, 3.8) is 0 Å². The maximum absolute atomic E-state index is 11.7. The van der Waals surface area contributed by atoms with E-state index < -0.39 is 0 Å². The highest BCUT2D eigenvalue weighted by Crippen LogP contribution is 2.17. The van der Waals surface area contributed by atoms with Crippen LogP contribution in [0.2, 0.25) is 0 Å². The minimum Gasteiger partial charge on any atom is -0.310 e. The molecule has 0 aliphatic rings. The van der Waals surface area contributed by atoms with Gasteiger partial charge in [-0.3, -0.25) is 4.79 Å². The van der Waals surface area contributed by atoms with Gasteiger partial charge in [0.25, 0.3) is 0 Å². The first kappa shape index (κ1) is 13.1. The van der Waals surface area contributed by atoms with Crippen molar-refractivity contribution in [1.29, 1.82) is 0 Å². The first-order chi connectivity index (χ1) is 8.74. The Morgan fingerprint density at radius 2 is 2.00 bits per heavy atom. The van der Waals surface area contributed by atoms with Crippen LogP contribution in [0.4, 0.5) is 5.82 Å². The lowest BCUT2D eigenvalue weighted by Gasteiger charge is -2.04. The number of nitrogens with one attached hydrogen (secondary N) is 1. The minimum atomic E-state index is -0.0568. The molecule has 1 N–H and O–H groups in total. The molecule has 5 heteroatoms. The first-order valence-electron chi connectivity index (χ1n) is 5.33. The van der Waals surface area contributed by atoms with Crippen LogP contribution in [0.3, 0.4) is 0 Å². The third-order valence-corrected chi connectivity index (χ3v) is 3.59. The number of hydrogen-bond donors (Lipinski definition) is 1. The van der Waals surface area contributed by atoms with Crippen molar-refractivity contribution in [1.82, 2.24) is 4.98 Å². The van der Waals surface area contributed by atoms with E-state index in [1.54, 1.807) is 12.3 Å². The maximum atomic E-state index is 11.7. The number of carbonyl (C=O) groups excluding carboxylic acids is 1. The molecule has 18 heavy (non-hydrogen) atoms. The number of anilines is 1. The summed E-state index contributed by atoms with van der Waals surface area (Å²) in [6.45, 7) is 0. The van der Waals surface area contributed by atoms with E-state index in [0.717, 1.165) is 9.37 Å². The van der Waals surface area contributed by atoms with Crippen molar-refractivity contribution >= 4 is 39.4 Å². The predicted molar refractivity (Wildman–Crippen MR) is 77.7 cm³/mol. The number of carbonyl (C=O) groups is 1. The number of halogens is 1. The third-order valence-electron chi connectivity index (χ3n) is 2.11. The number of rotatable bonds is 4. The summed E-state index contributed by atoms with van der Waals surface area (Å²) in [5.74, 6) is 0.886. The van der Waals surface area contributed by atoms with Crippen LogP contribution in [0.1, 0.15) is 0 Å². The fourth-order valence-corrected chi connectivity index (χ4v) is 2.25. The highest BCUT2D eigenvalue weighted by Gasteiger charge is 2.04. The quantitative estimate of drug-likeness (QED) is 0.875. The van der Waals surface area contributed by atoms with Gasteiger partial charge in [0, 0.05) is 15.6 Å². The number of benzene rings is 1. The molecule has 0 spiro atoms. The fourth-order valence-electron chi connectivity index (χ4n) is 1.29. The summed E-state index contributed by atoms with van der Waals surface area (Å²) in [4.78, 5) is 16.9. The molecule has 2 rings (SSSR count). The Morgan fingerprint density at radius 3 is 2.67 bits per heavy atom. The van der Waals surface area contributed by atoms with Crippen LogP contribution in [0, 0.1) is 0 Å². The second kappa shape index (κ2) is 6.56. The molecule has 0 bridgehead atoms. The number of amides is 1. The second-order valence-corrected chi connectivity index (χ2v) is 5.48. The molecule has 1 heterocycles. The summed E-state index contributed by atoms with van der Waals surface area (Å²) in [6.07, 6.45) is 1.65. The average molecular weight is 323 g/mol. The van der Waals surface area contributed by atoms with Gasteiger partial charge in [-0.1, -0.05) is 18.2 Å². The molecule has 1 aromatic carbocycles. The molecule has 1 amide bonds. The maximum Gasteiger partial charge on any atom is 0.235 e. The normalized spacial score (nSPS) is 10.1. The van der Waals surface area contributed by atoms with Gasteiger partial charge in [-0.25, -0.2) is 4.98 Å². The van der Waals surface area contributed by atoms with Crippen molar-refractivity contribution in [2.45, 2.75) is 4.90 Å². The first-order valence-corrected chi connectivity index (χ1v) is 7.11. The van der Waals surface area contributed by atoms with Crippen LogP contribution in [-0.4, -0.2) is 16.6 Å². The zero-order chi connectivity index (χ0) is 12.8. The molecule has 0 atom stereocenters. The third kappa shape index (κ3) is 4.16. The molecule has 0 unspecified atom stereocenters. The Bertz CT molecular complexity index is 516. The van der Waals surface area contributed by atoms with E-state index in [1.165, 1.54) is 11.8 Å². The van der Waals surface area contributed by atoms with E-state index >= 15 is 0 Å². The molecule has 3 nitrogen and oxygen atoms in total. The second-order valence-electron chi connectivity index (χ2n) is 3.51.